The molecule has 1 fully saturated rings. The summed E-state index contributed by atoms with van der Waals surface area (Å²) in [6.07, 6.45) is 2.69. The van der Waals surface area contributed by atoms with Gasteiger partial charge in [0.25, 0.3) is 0 Å². The van der Waals surface area contributed by atoms with Gasteiger partial charge in [-0.15, -0.1) is 11.8 Å². The van der Waals surface area contributed by atoms with Crippen LogP contribution >= 0.6 is 23.4 Å². The van der Waals surface area contributed by atoms with E-state index in [9.17, 15) is 0 Å². The van der Waals surface area contributed by atoms with Crippen molar-refractivity contribution < 1.29 is 0 Å². The first-order valence-electron chi connectivity index (χ1n) is 4.89. The molecule has 0 aromatic heterocycles. The second-order valence-corrected chi connectivity index (χ2v) is 5.36. The van der Waals surface area contributed by atoms with Crippen LogP contribution in [-0.2, 0) is 6.54 Å². The van der Waals surface area contributed by atoms with Gasteiger partial charge in [-0.05, 0) is 37.6 Å². The van der Waals surface area contributed by atoms with E-state index >= 15 is 0 Å². The van der Waals surface area contributed by atoms with Crippen molar-refractivity contribution in [1.82, 2.24) is 5.32 Å². The summed E-state index contributed by atoms with van der Waals surface area (Å²) in [6, 6.07) is 6.34. The van der Waals surface area contributed by atoms with Gasteiger partial charge in [0.05, 0.1) is 5.02 Å². The molecule has 2 rings (SSSR count). The number of rotatable bonds is 4. The van der Waals surface area contributed by atoms with Crippen LogP contribution in [0.15, 0.2) is 23.1 Å². The first-order chi connectivity index (χ1) is 6.79. The molecule has 1 aromatic rings. The van der Waals surface area contributed by atoms with Crippen LogP contribution < -0.4 is 5.32 Å². The Hall–Kier alpha value is -0.180. The maximum absolute atomic E-state index is 6.19. The number of nitrogens with one attached hydrogen (secondary N) is 1. The quantitative estimate of drug-likeness (QED) is 0.847. The van der Waals surface area contributed by atoms with Crippen molar-refractivity contribution in [2.75, 3.05) is 7.05 Å². The molecule has 1 nitrogen and oxygen atoms in total. The average molecular weight is 228 g/mol. The van der Waals surface area contributed by atoms with E-state index in [1.807, 2.05) is 18.8 Å². The fourth-order valence-corrected chi connectivity index (χ4v) is 2.71. The average Bonchev–Trinajstić information content (AvgIpc) is 2.94. The van der Waals surface area contributed by atoms with E-state index in [0.717, 1.165) is 16.8 Å². The van der Waals surface area contributed by atoms with Crippen LogP contribution in [-0.4, -0.2) is 12.3 Å². The molecule has 0 radical (unpaired) electrons. The highest BCUT2D eigenvalue weighted by Gasteiger charge is 2.23. The van der Waals surface area contributed by atoms with Crippen LogP contribution in [0.2, 0.25) is 5.02 Å². The lowest BCUT2D eigenvalue weighted by atomic mass is 10.2. The van der Waals surface area contributed by atoms with E-state index in [4.69, 9.17) is 11.6 Å². The summed E-state index contributed by atoms with van der Waals surface area (Å²) in [6.45, 7) is 0.883. The summed E-state index contributed by atoms with van der Waals surface area (Å²) in [5.74, 6) is 0. The number of benzene rings is 1. The fourth-order valence-electron chi connectivity index (χ4n) is 1.32. The first kappa shape index (κ1) is 10.3. The summed E-state index contributed by atoms with van der Waals surface area (Å²) >= 11 is 8.10. The van der Waals surface area contributed by atoms with Gasteiger partial charge in [0, 0.05) is 16.7 Å². The van der Waals surface area contributed by atoms with Crippen LogP contribution in [0.5, 0.6) is 0 Å². The number of hydrogen-bond donors (Lipinski definition) is 1. The molecule has 1 aromatic carbocycles. The highest BCUT2D eigenvalue weighted by molar-refractivity contribution is 8.00. The summed E-state index contributed by atoms with van der Waals surface area (Å²) in [7, 11) is 1.95. The van der Waals surface area contributed by atoms with E-state index < -0.39 is 0 Å². The zero-order valence-corrected chi connectivity index (χ0v) is 9.79. The third-order valence-corrected chi connectivity index (χ3v) is 4.03. The van der Waals surface area contributed by atoms with Gasteiger partial charge in [-0.1, -0.05) is 17.7 Å². The van der Waals surface area contributed by atoms with Crippen molar-refractivity contribution in [1.29, 1.82) is 0 Å². The molecule has 0 saturated heterocycles. The number of thioether (sulfide) groups is 1. The summed E-state index contributed by atoms with van der Waals surface area (Å²) in [5.41, 5.74) is 1.25. The third-order valence-electron chi connectivity index (χ3n) is 2.20. The largest absolute Gasteiger partial charge is 0.316 e. The Labute approximate surface area is 94.2 Å². The standard InChI is InChI=1S/C11H14ClNS/c1-13-7-8-2-5-11(10(12)6-8)14-9-3-4-9/h2,5-6,9,13H,3-4,7H2,1H3. The minimum absolute atomic E-state index is 0.822. The monoisotopic (exact) mass is 227 g/mol. The molecule has 1 saturated carbocycles. The molecule has 0 aliphatic heterocycles. The maximum atomic E-state index is 6.19. The van der Waals surface area contributed by atoms with Crippen molar-refractivity contribution in [3.63, 3.8) is 0 Å². The molecule has 0 heterocycles. The maximum Gasteiger partial charge on any atom is 0.0545 e. The Kier molecular flexibility index (Phi) is 3.37. The molecule has 76 valence electrons. The topological polar surface area (TPSA) is 12.0 Å². The lowest BCUT2D eigenvalue weighted by Crippen LogP contribution is -2.04. The molecule has 0 atom stereocenters. The van der Waals surface area contributed by atoms with Crippen LogP contribution in [0.4, 0.5) is 0 Å². The minimum atomic E-state index is 0.822. The van der Waals surface area contributed by atoms with E-state index in [0.29, 0.717) is 0 Å². The van der Waals surface area contributed by atoms with Crippen molar-refractivity contribution in [3.8, 4) is 0 Å². The normalized spacial score (nSPS) is 15.9. The molecule has 0 unspecified atom stereocenters. The second-order valence-electron chi connectivity index (χ2n) is 3.61. The highest BCUT2D eigenvalue weighted by Crippen LogP contribution is 2.41. The molecular formula is C11H14ClNS. The zero-order valence-electron chi connectivity index (χ0n) is 8.22. The van der Waals surface area contributed by atoms with E-state index in [2.05, 4.69) is 23.5 Å². The zero-order chi connectivity index (χ0) is 9.97. The third kappa shape index (κ3) is 2.66. The predicted octanol–water partition coefficient (Wildman–Crippen LogP) is 3.31. The SMILES string of the molecule is CNCc1ccc(SC2CC2)c(Cl)c1. The van der Waals surface area contributed by atoms with E-state index in [1.54, 1.807) is 0 Å². The van der Waals surface area contributed by atoms with Gasteiger partial charge in [0.2, 0.25) is 0 Å². The molecule has 1 N–H and O–H groups in total. The van der Waals surface area contributed by atoms with Gasteiger partial charge in [0.1, 0.15) is 0 Å². The lowest BCUT2D eigenvalue weighted by Gasteiger charge is -2.05. The van der Waals surface area contributed by atoms with Crippen LogP contribution in [0.25, 0.3) is 0 Å². The molecule has 3 heteroatoms. The fraction of sp³-hybridized carbons (Fsp3) is 0.455. The summed E-state index contributed by atoms with van der Waals surface area (Å²) in [4.78, 5) is 1.23. The van der Waals surface area contributed by atoms with E-state index in [-0.39, 0.29) is 0 Å². The Morgan fingerprint density at radius 1 is 1.50 bits per heavy atom. The van der Waals surface area contributed by atoms with Crippen molar-refractivity contribution in [3.05, 3.63) is 28.8 Å². The summed E-state index contributed by atoms with van der Waals surface area (Å²) in [5, 5.41) is 4.84. The van der Waals surface area contributed by atoms with Crippen LogP contribution in [0.3, 0.4) is 0 Å². The van der Waals surface area contributed by atoms with Crippen LogP contribution in [0, 0.1) is 0 Å². The van der Waals surface area contributed by atoms with Gasteiger partial charge in [-0.25, -0.2) is 0 Å². The number of halogens is 1. The Morgan fingerprint density at radius 3 is 2.86 bits per heavy atom. The predicted molar refractivity (Wildman–Crippen MR) is 63.1 cm³/mol. The Morgan fingerprint density at radius 2 is 2.29 bits per heavy atom. The van der Waals surface area contributed by atoms with Crippen LogP contribution in [0.1, 0.15) is 18.4 Å². The summed E-state index contributed by atoms with van der Waals surface area (Å²) < 4.78 is 0. The Balaban J connectivity index is 2.09. The van der Waals surface area contributed by atoms with Gasteiger partial charge in [-0.3, -0.25) is 0 Å². The molecule has 1 aliphatic rings. The van der Waals surface area contributed by atoms with E-state index in [1.165, 1.54) is 23.3 Å². The highest BCUT2D eigenvalue weighted by atomic mass is 35.5. The molecule has 0 bridgehead atoms. The van der Waals surface area contributed by atoms with Crippen molar-refractivity contribution >= 4 is 23.4 Å². The smallest absolute Gasteiger partial charge is 0.0545 e. The molecule has 0 amide bonds. The molecule has 0 spiro atoms. The van der Waals surface area contributed by atoms with Crippen molar-refractivity contribution in [2.45, 2.75) is 29.5 Å². The number of hydrogen-bond acceptors (Lipinski definition) is 2. The molecular weight excluding hydrogens is 214 g/mol. The molecule has 14 heavy (non-hydrogen) atoms. The lowest BCUT2D eigenvalue weighted by molar-refractivity contribution is 0.817. The van der Waals surface area contributed by atoms with Gasteiger partial charge in [-0.2, -0.15) is 0 Å². The van der Waals surface area contributed by atoms with Gasteiger partial charge in [0.15, 0.2) is 0 Å². The van der Waals surface area contributed by atoms with Gasteiger partial charge >= 0.3 is 0 Å². The minimum Gasteiger partial charge on any atom is -0.316 e. The Bertz CT molecular complexity index is 323. The second kappa shape index (κ2) is 4.56. The first-order valence-corrected chi connectivity index (χ1v) is 6.15. The van der Waals surface area contributed by atoms with Gasteiger partial charge < -0.3 is 5.32 Å². The molecule has 1 aliphatic carbocycles. The van der Waals surface area contributed by atoms with Crippen molar-refractivity contribution in [2.24, 2.45) is 0 Å².